The van der Waals surface area contributed by atoms with Crippen LogP contribution < -0.4 is 10.2 Å². The molecule has 1 atom stereocenters. The standard InChI is InChI=1S/C14H17N3O4/c1-9-6-10-7-13(17(19)20)12(16-4-2-3-5-16)8-11(10)15-14(18)21-9/h7-9H,2-6H2,1H3,(H,15,18). The molecule has 7 heteroatoms. The molecule has 1 aromatic carbocycles. The van der Waals surface area contributed by atoms with Gasteiger partial charge in [-0.25, -0.2) is 4.79 Å². The number of fused-ring (bicyclic) bond motifs is 1. The van der Waals surface area contributed by atoms with Gasteiger partial charge in [-0.1, -0.05) is 0 Å². The molecular formula is C14H17N3O4. The molecule has 0 spiro atoms. The monoisotopic (exact) mass is 291 g/mol. The SMILES string of the molecule is CC1Cc2cc([N+](=O)[O-])c(N3CCCC3)cc2NC(=O)O1. The first-order valence-electron chi connectivity index (χ1n) is 7.08. The van der Waals surface area contributed by atoms with Gasteiger partial charge in [-0.05, 0) is 31.4 Å². The summed E-state index contributed by atoms with van der Waals surface area (Å²) in [6.07, 6.45) is 1.71. The number of carbonyl (C=O) groups is 1. The van der Waals surface area contributed by atoms with E-state index in [1.165, 1.54) is 0 Å². The number of benzene rings is 1. The molecule has 2 aliphatic heterocycles. The van der Waals surface area contributed by atoms with Crippen molar-refractivity contribution in [2.45, 2.75) is 32.3 Å². The largest absolute Gasteiger partial charge is 0.446 e. The Morgan fingerprint density at radius 1 is 1.38 bits per heavy atom. The smallest absolute Gasteiger partial charge is 0.411 e. The van der Waals surface area contributed by atoms with Crippen molar-refractivity contribution in [3.8, 4) is 0 Å². The van der Waals surface area contributed by atoms with Gasteiger partial charge in [-0.3, -0.25) is 15.4 Å². The topological polar surface area (TPSA) is 84.7 Å². The first kappa shape index (κ1) is 13.7. The predicted octanol–water partition coefficient (Wildman–Crippen LogP) is 2.69. The summed E-state index contributed by atoms with van der Waals surface area (Å²) in [6, 6.07) is 3.27. The lowest BCUT2D eigenvalue weighted by Crippen LogP contribution is -2.20. The van der Waals surface area contributed by atoms with Gasteiger partial charge in [0, 0.05) is 31.3 Å². The highest BCUT2D eigenvalue weighted by molar-refractivity contribution is 5.89. The maximum absolute atomic E-state index is 11.6. The van der Waals surface area contributed by atoms with Crippen LogP contribution in [0.25, 0.3) is 0 Å². The van der Waals surface area contributed by atoms with E-state index in [1.54, 1.807) is 19.1 Å². The van der Waals surface area contributed by atoms with E-state index in [0.717, 1.165) is 31.5 Å². The van der Waals surface area contributed by atoms with E-state index >= 15 is 0 Å². The van der Waals surface area contributed by atoms with Crippen LogP contribution in [-0.2, 0) is 11.2 Å². The molecule has 1 fully saturated rings. The molecular weight excluding hydrogens is 274 g/mol. The second-order valence-electron chi connectivity index (χ2n) is 5.49. The number of rotatable bonds is 2. The molecule has 0 saturated carbocycles. The average molecular weight is 291 g/mol. The van der Waals surface area contributed by atoms with Crippen molar-refractivity contribution in [2.24, 2.45) is 0 Å². The van der Waals surface area contributed by atoms with Crippen molar-refractivity contribution in [3.05, 3.63) is 27.8 Å². The van der Waals surface area contributed by atoms with E-state index < -0.39 is 6.09 Å². The van der Waals surface area contributed by atoms with Crippen molar-refractivity contribution in [2.75, 3.05) is 23.3 Å². The number of nitrogens with one attached hydrogen (secondary N) is 1. The van der Waals surface area contributed by atoms with Crippen LogP contribution >= 0.6 is 0 Å². The van der Waals surface area contributed by atoms with E-state index in [2.05, 4.69) is 5.32 Å². The maximum atomic E-state index is 11.6. The molecule has 1 amide bonds. The molecule has 2 aliphatic rings. The Labute approximate surface area is 122 Å². The average Bonchev–Trinajstić information content (AvgIpc) is 2.88. The fourth-order valence-electron chi connectivity index (χ4n) is 2.94. The number of nitrogens with zero attached hydrogens (tertiary/aromatic N) is 2. The lowest BCUT2D eigenvalue weighted by molar-refractivity contribution is -0.384. The van der Waals surface area contributed by atoms with E-state index in [1.807, 2.05) is 4.90 Å². The van der Waals surface area contributed by atoms with Crippen LogP contribution in [0.15, 0.2) is 12.1 Å². The van der Waals surface area contributed by atoms with E-state index in [0.29, 0.717) is 17.8 Å². The molecule has 1 unspecified atom stereocenters. The van der Waals surface area contributed by atoms with Crippen molar-refractivity contribution >= 4 is 23.2 Å². The van der Waals surface area contributed by atoms with Crippen LogP contribution in [-0.4, -0.2) is 30.2 Å². The normalized spacial score (nSPS) is 21.3. The van der Waals surface area contributed by atoms with Gasteiger partial charge in [0.2, 0.25) is 0 Å². The number of nitro groups is 1. The van der Waals surface area contributed by atoms with Crippen molar-refractivity contribution < 1.29 is 14.5 Å². The fraction of sp³-hybridized carbons (Fsp3) is 0.500. The van der Waals surface area contributed by atoms with Gasteiger partial charge in [0.25, 0.3) is 5.69 Å². The molecule has 3 rings (SSSR count). The second-order valence-corrected chi connectivity index (χ2v) is 5.49. The highest BCUT2D eigenvalue weighted by Gasteiger charge is 2.27. The van der Waals surface area contributed by atoms with Gasteiger partial charge in [0.1, 0.15) is 11.8 Å². The van der Waals surface area contributed by atoms with E-state index in [4.69, 9.17) is 4.74 Å². The summed E-state index contributed by atoms with van der Waals surface area (Å²) in [5, 5.41) is 14.0. The molecule has 1 aromatic rings. The van der Waals surface area contributed by atoms with Gasteiger partial charge in [-0.2, -0.15) is 0 Å². The fourth-order valence-corrected chi connectivity index (χ4v) is 2.94. The van der Waals surface area contributed by atoms with E-state index in [9.17, 15) is 14.9 Å². The number of hydrogen-bond donors (Lipinski definition) is 1. The molecule has 7 nitrogen and oxygen atoms in total. The Kier molecular flexibility index (Phi) is 3.40. The number of cyclic esters (lactones) is 1. The third kappa shape index (κ3) is 2.63. The van der Waals surface area contributed by atoms with E-state index in [-0.39, 0.29) is 16.7 Å². The molecule has 0 radical (unpaired) electrons. The molecule has 0 bridgehead atoms. The zero-order valence-electron chi connectivity index (χ0n) is 11.8. The van der Waals surface area contributed by atoms with Crippen molar-refractivity contribution in [1.82, 2.24) is 0 Å². The first-order valence-corrected chi connectivity index (χ1v) is 7.08. The summed E-state index contributed by atoms with van der Waals surface area (Å²) in [5.41, 5.74) is 2.02. The second kappa shape index (κ2) is 5.23. The minimum Gasteiger partial charge on any atom is -0.446 e. The number of amides is 1. The highest BCUT2D eigenvalue weighted by atomic mass is 16.6. The third-order valence-corrected chi connectivity index (χ3v) is 3.90. The van der Waals surface area contributed by atoms with Crippen LogP contribution in [0.4, 0.5) is 21.9 Å². The van der Waals surface area contributed by atoms with Gasteiger partial charge in [-0.15, -0.1) is 0 Å². The number of nitro benzene ring substituents is 1. The van der Waals surface area contributed by atoms with Crippen LogP contribution in [0.1, 0.15) is 25.3 Å². The van der Waals surface area contributed by atoms with Crippen LogP contribution in [0.2, 0.25) is 0 Å². The van der Waals surface area contributed by atoms with Gasteiger partial charge >= 0.3 is 6.09 Å². The Balaban J connectivity index is 2.08. The van der Waals surface area contributed by atoms with Crippen LogP contribution in [0.3, 0.4) is 0 Å². The third-order valence-electron chi connectivity index (χ3n) is 3.90. The molecule has 2 heterocycles. The van der Waals surface area contributed by atoms with Crippen molar-refractivity contribution in [3.63, 3.8) is 0 Å². The summed E-state index contributed by atoms with van der Waals surface area (Å²) in [5.74, 6) is 0. The summed E-state index contributed by atoms with van der Waals surface area (Å²) in [7, 11) is 0. The minimum atomic E-state index is -0.512. The number of hydrogen-bond acceptors (Lipinski definition) is 5. The molecule has 0 aromatic heterocycles. The Morgan fingerprint density at radius 3 is 2.76 bits per heavy atom. The molecule has 21 heavy (non-hydrogen) atoms. The molecule has 112 valence electrons. The number of anilines is 2. The first-order chi connectivity index (χ1) is 10.0. The van der Waals surface area contributed by atoms with Gasteiger partial charge in [0.05, 0.1) is 4.92 Å². The Hall–Kier alpha value is -2.31. The summed E-state index contributed by atoms with van der Waals surface area (Å²) in [6.45, 7) is 3.38. The van der Waals surface area contributed by atoms with Gasteiger partial charge < -0.3 is 9.64 Å². The number of carbonyl (C=O) groups excluding carboxylic acids is 1. The lowest BCUT2D eigenvalue weighted by Gasteiger charge is -2.19. The summed E-state index contributed by atoms with van der Waals surface area (Å²) < 4.78 is 5.13. The molecule has 1 N–H and O–H groups in total. The summed E-state index contributed by atoms with van der Waals surface area (Å²) in [4.78, 5) is 24.6. The quantitative estimate of drug-likeness (QED) is 0.669. The zero-order chi connectivity index (χ0) is 15.0. The van der Waals surface area contributed by atoms with Crippen molar-refractivity contribution in [1.29, 1.82) is 0 Å². The summed E-state index contributed by atoms with van der Waals surface area (Å²) >= 11 is 0. The maximum Gasteiger partial charge on any atom is 0.411 e. The Morgan fingerprint density at radius 2 is 2.10 bits per heavy atom. The number of ether oxygens (including phenoxy) is 1. The predicted molar refractivity (Wildman–Crippen MR) is 77.8 cm³/mol. The lowest BCUT2D eigenvalue weighted by atomic mass is 10.0. The highest BCUT2D eigenvalue weighted by Crippen LogP contribution is 2.37. The minimum absolute atomic E-state index is 0.0963. The Bertz CT molecular complexity index is 596. The zero-order valence-corrected chi connectivity index (χ0v) is 11.8. The van der Waals surface area contributed by atoms with Gasteiger partial charge in [0.15, 0.2) is 0 Å². The molecule has 0 aliphatic carbocycles. The van der Waals surface area contributed by atoms with Crippen LogP contribution in [0, 0.1) is 10.1 Å². The van der Waals surface area contributed by atoms with Crippen LogP contribution in [0.5, 0.6) is 0 Å². The molecule has 1 saturated heterocycles.